The van der Waals surface area contributed by atoms with E-state index >= 15 is 0 Å². The SMILES string of the molecule is Nc1nc(N[C@@]2(OCP(=O)(O)O)CCCO2)c2[nH]cnc2n1. The summed E-state index contributed by atoms with van der Waals surface area (Å²) >= 11 is 0. The monoisotopic (exact) mass is 330 g/mol. The summed E-state index contributed by atoms with van der Waals surface area (Å²) in [5.41, 5.74) is 6.47. The van der Waals surface area contributed by atoms with Crippen molar-refractivity contribution in [3.8, 4) is 0 Å². The number of nitrogens with one attached hydrogen (secondary N) is 2. The fourth-order valence-electron chi connectivity index (χ4n) is 2.17. The summed E-state index contributed by atoms with van der Waals surface area (Å²) in [6.07, 6.45) is 1.72. The number of nitrogens with zero attached hydrogens (tertiary/aromatic N) is 3. The van der Waals surface area contributed by atoms with Crippen LogP contribution in [-0.4, -0.2) is 48.6 Å². The Balaban J connectivity index is 1.89. The molecular weight excluding hydrogens is 315 g/mol. The first-order chi connectivity index (χ1) is 10.4. The lowest BCUT2D eigenvalue weighted by Gasteiger charge is -2.29. The van der Waals surface area contributed by atoms with Gasteiger partial charge in [0.25, 0.3) is 5.91 Å². The number of anilines is 2. The summed E-state index contributed by atoms with van der Waals surface area (Å²) in [6, 6.07) is 0. The molecule has 2 aromatic heterocycles. The molecule has 0 amide bonds. The maximum absolute atomic E-state index is 11.0. The molecule has 6 N–H and O–H groups in total. The third kappa shape index (κ3) is 3.18. The summed E-state index contributed by atoms with van der Waals surface area (Å²) in [5.74, 6) is -1.09. The number of H-pyrrole nitrogens is 1. The highest BCUT2D eigenvalue weighted by Gasteiger charge is 2.39. The fraction of sp³-hybridized carbons (Fsp3) is 0.500. The molecule has 1 saturated heterocycles. The number of hydrogen-bond acceptors (Lipinski definition) is 8. The van der Waals surface area contributed by atoms with Crippen LogP contribution in [0.15, 0.2) is 6.33 Å². The van der Waals surface area contributed by atoms with Gasteiger partial charge in [0.05, 0.1) is 12.9 Å². The molecule has 2 aromatic rings. The van der Waals surface area contributed by atoms with Crippen LogP contribution in [0.5, 0.6) is 0 Å². The second-order valence-corrected chi connectivity index (χ2v) is 6.39. The molecule has 0 unspecified atom stereocenters. The predicted octanol–water partition coefficient (Wildman–Crippen LogP) is -0.0370. The minimum Gasteiger partial charge on any atom is -0.368 e. The maximum Gasteiger partial charge on any atom is 0.351 e. The molecule has 120 valence electrons. The zero-order valence-electron chi connectivity index (χ0n) is 11.4. The number of imidazole rings is 1. The molecule has 11 nitrogen and oxygen atoms in total. The zero-order chi connectivity index (χ0) is 15.8. The molecule has 3 rings (SSSR count). The molecule has 0 saturated carbocycles. The number of nitrogen functional groups attached to an aromatic ring is 1. The summed E-state index contributed by atoms with van der Waals surface area (Å²) in [4.78, 5) is 32.8. The molecule has 0 radical (unpaired) electrons. The van der Waals surface area contributed by atoms with Crippen molar-refractivity contribution in [1.29, 1.82) is 0 Å². The molecule has 0 spiro atoms. The van der Waals surface area contributed by atoms with E-state index in [2.05, 4.69) is 25.3 Å². The van der Waals surface area contributed by atoms with E-state index in [-0.39, 0.29) is 11.8 Å². The van der Waals surface area contributed by atoms with Crippen LogP contribution in [0.3, 0.4) is 0 Å². The number of ether oxygens (including phenoxy) is 2. The Bertz CT molecular complexity index is 724. The molecule has 1 aliphatic heterocycles. The van der Waals surface area contributed by atoms with Gasteiger partial charge in [-0.2, -0.15) is 9.97 Å². The molecule has 12 heteroatoms. The van der Waals surface area contributed by atoms with Crippen LogP contribution in [0, 0.1) is 0 Å². The minimum atomic E-state index is -4.33. The van der Waals surface area contributed by atoms with E-state index in [1.807, 2.05) is 0 Å². The fourth-order valence-corrected chi connectivity index (χ4v) is 2.55. The quantitative estimate of drug-likeness (QED) is 0.370. The summed E-state index contributed by atoms with van der Waals surface area (Å²) in [6.45, 7) is 0.390. The zero-order valence-corrected chi connectivity index (χ0v) is 12.3. The van der Waals surface area contributed by atoms with Gasteiger partial charge in [-0.3, -0.25) is 4.57 Å². The normalized spacial score (nSPS) is 22.3. The van der Waals surface area contributed by atoms with Crippen LogP contribution in [-0.2, 0) is 14.0 Å². The highest BCUT2D eigenvalue weighted by atomic mass is 31.2. The van der Waals surface area contributed by atoms with Crippen molar-refractivity contribution in [2.45, 2.75) is 18.8 Å². The summed E-state index contributed by atoms with van der Waals surface area (Å²) < 4.78 is 21.8. The Morgan fingerprint density at radius 1 is 1.55 bits per heavy atom. The van der Waals surface area contributed by atoms with Crippen molar-refractivity contribution in [2.24, 2.45) is 0 Å². The third-order valence-electron chi connectivity index (χ3n) is 3.06. The molecule has 0 aromatic carbocycles. The first kappa shape index (κ1) is 15.1. The smallest absolute Gasteiger partial charge is 0.351 e. The van der Waals surface area contributed by atoms with Gasteiger partial charge in [-0.05, 0) is 6.42 Å². The number of fused-ring (bicyclic) bond motifs is 1. The van der Waals surface area contributed by atoms with Gasteiger partial charge in [0, 0.05) is 6.42 Å². The van der Waals surface area contributed by atoms with E-state index in [0.29, 0.717) is 30.6 Å². The van der Waals surface area contributed by atoms with E-state index in [0.717, 1.165) is 0 Å². The summed E-state index contributed by atoms with van der Waals surface area (Å²) in [7, 11) is -4.33. The van der Waals surface area contributed by atoms with E-state index in [1.54, 1.807) is 0 Å². The Kier molecular flexibility index (Phi) is 3.75. The van der Waals surface area contributed by atoms with Crippen LogP contribution >= 0.6 is 7.60 Å². The maximum atomic E-state index is 11.0. The van der Waals surface area contributed by atoms with E-state index < -0.39 is 19.9 Å². The number of nitrogens with two attached hydrogens (primary N) is 1. The van der Waals surface area contributed by atoms with Gasteiger partial charge in [0.1, 0.15) is 5.52 Å². The van der Waals surface area contributed by atoms with Crippen molar-refractivity contribution in [1.82, 2.24) is 19.9 Å². The van der Waals surface area contributed by atoms with Gasteiger partial charge in [-0.15, -0.1) is 0 Å². The average molecular weight is 330 g/mol. The van der Waals surface area contributed by atoms with Gasteiger partial charge in [-0.1, -0.05) is 0 Å². The highest BCUT2D eigenvalue weighted by Crippen LogP contribution is 2.39. The van der Waals surface area contributed by atoms with Crippen molar-refractivity contribution in [2.75, 3.05) is 24.0 Å². The number of aromatic amines is 1. The third-order valence-corrected chi connectivity index (χ3v) is 3.53. The molecule has 22 heavy (non-hydrogen) atoms. The van der Waals surface area contributed by atoms with Gasteiger partial charge in [-0.25, -0.2) is 4.98 Å². The van der Waals surface area contributed by atoms with E-state index in [9.17, 15) is 4.57 Å². The molecule has 0 bridgehead atoms. The lowest BCUT2D eigenvalue weighted by atomic mass is 10.3. The Morgan fingerprint density at radius 2 is 2.36 bits per heavy atom. The second-order valence-electron chi connectivity index (χ2n) is 4.80. The second kappa shape index (κ2) is 5.45. The van der Waals surface area contributed by atoms with Crippen LogP contribution < -0.4 is 11.1 Å². The molecule has 0 aliphatic carbocycles. The number of rotatable bonds is 5. The molecule has 1 fully saturated rings. The Hall–Kier alpha value is -1.78. The van der Waals surface area contributed by atoms with Gasteiger partial charge in [0.15, 0.2) is 17.8 Å². The van der Waals surface area contributed by atoms with Crippen molar-refractivity contribution < 1.29 is 23.8 Å². The lowest BCUT2D eigenvalue weighted by molar-refractivity contribution is -0.180. The largest absolute Gasteiger partial charge is 0.368 e. The molecular formula is C10H15N6O5P. The van der Waals surface area contributed by atoms with Crippen LogP contribution in [0.1, 0.15) is 12.8 Å². The van der Waals surface area contributed by atoms with Crippen molar-refractivity contribution >= 4 is 30.5 Å². The Labute approximate surface area is 124 Å². The van der Waals surface area contributed by atoms with Crippen LogP contribution in [0.2, 0.25) is 0 Å². The molecule has 1 aliphatic rings. The predicted molar refractivity (Wildman–Crippen MR) is 75.6 cm³/mol. The van der Waals surface area contributed by atoms with Gasteiger partial charge < -0.3 is 35.3 Å². The van der Waals surface area contributed by atoms with Gasteiger partial charge in [0.2, 0.25) is 5.95 Å². The minimum absolute atomic E-state index is 0.00485. The lowest BCUT2D eigenvalue weighted by Crippen LogP contribution is -2.41. The van der Waals surface area contributed by atoms with Gasteiger partial charge >= 0.3 is 7.60 Å². The number of hydrogen-bond donors (Lipinski definition) is 5. The van der Waals surface area contributed by atoms with Crippen LogP contribution in [0.25, 0.3) is 11.2 Å². The van der Waals surface area contributed by atoms with Crippen molar-refractivity contribution in [3.05, 3.63) is 6.33 Å². The standard InChI is InChI=1S/C10H15N6O5P/c11-9-14-7-6(12-4-13-7)8(15-9)16-10(2-1-3-20-10)21-5-22(17,18)19/h4H,1-3,5H2,(H2,17,18,19)(H4,11,12,13,14,15,16)/t10-/m0/s1. The first-order valence-corrected chi connectivity index (χ1v) is 8.24. The molecule has 3 heterocycles. The first-order valence-electron chi connectivity index (χ1n) is 6.44. The molecule has 1 atom stereocenters. The van der Waals surface area contributed by atoms with E-state index in [1.165, 1.54) is 6.33 Å². The van der Waals surface area contributed by atoms with Crippen molar-refractivity contribution in [3.63, 3.8) is 0 Å². The van der Waals surface area contributed by atoms with E-state index in [4.69, 9.17) is 25.0 Å². The Morgan fingerprint density at radius 3 is 3.05 bits per heavy atom. The van der Waals surface area contributed by atoms with Crippen LogP contribution in [0.4, 0.5) is 11.8 Å². The highest BCUT2D eigenvalue weighted by molar-refractivity contribution is 7.51. The number of aromatic nitrogens is 4. The topological polar surface area (TPSA) is 168 Å². The average Bonchev–Trinajstić information content (AvgIpc) is 3.05. The summed E-state index contributed by atoms with van der Waals surface area (Å²) in [5, 5.41) is 2.91.